The normalized spacial score (nSPS) is 12.0. The molecule has 1 unspecified atom stereocenters. The average molecular weight is 1000 g/mol. The van der Waals surface area contributed by atoms with Crippen molar-refractivity contribution in [2.45, 2.75) is 374 Å². The van der Waals surface area contributed by atoms with Crippen LogP contribution in [0.15, 0.2) is 12.2 Å². The molecule has 0 aliphatic carbocycles. The summed E-state index contributed by atoms with van der Waals surface area (Å²) in [6, 6.07) is 0. The molecule has 0 amide bonds. The van der Waals surface area contributed by atoms with Crippen molar-refractivity contribution in [2.75, 3.05) is 13.2 Å². The zero-order chi connectivity index (χ0) is 51.4. The quantitative estimate of drug-likeness (QED) is 0.0261. The number of hydrogen-bond acceptors (Lipinski definition) is 6. The molecular formula is C65H124O6. The molecule has 0 aromatic rings. The van der Waals surface area contributed by atoms with Crippen molar-refractivity contribution in [1.29, 1.82) is 0 Å². The van der Waals surface area contributed by atoms with E-state index < -0.39 is 6.10 Å². The Labute approximate surface area is 443 Å². The van der Waals surface area contributed by atoms with Gasteiger partial charge >= 0.3 is 17.9 Å². The molecule has 0 heterocycles. The number of hydrogen-bond donors (Lipinski definition) is 0. The van der Waals surface area contributed by atoms with Gasteiger partial charge in [0.25, 0.3) is 0 Å². The average Bonchev–Trinajstić information content (AvgIpc) is 3.37. The largest absolute Gasteiger partial charge is 0.462 e. The Kier molecular flexibility index (Phi) is 59.1. The van der Waals surface area contributed by atoms with Gasteiger partial charge in [-0.25, -0.2) is 0 Å². The van der Waals surface area contributed by atoms with Gasteiger partial charge in [0.1, 0.15) is 13.2 Å². The van der Waals surface area contributed by atoms with Gasteiger partial charge < -0.3 is 14.2 Å². The fraction of sp³-hybridized carbons (Fsp3) is 0.923. The van der Waals surface area contributed by atoms with E-state index in [9.17, 15) is 14.4 Å². The van der Waals surface area contributed by atoms with Crippen molar-refractivity contribution in [2.24, 2.45) is 0 Å². The second-order valence-electron chi connectivity index (χ2n) is 22.0. The van der Waals surface area contributed by atoms with E-state index in [2.05, 4.69) is 32.9 Å². The number of carbonyl (C=O) groups excluding carboxylic acids is 3. The van der Waals surface area contributed by atoms with Crippen molar-refractivity contribution in [1.82, 2.24) is 0 Å². The van der Waals surface area contributed by atoms with Gasteiger partial charge in [-0.1, -0.05) is 315 Å². The zero-order valence-electron chi connectivity index (χ0n) is 48.3. The van der Waals surface area contributed by atoms with Crippen LogP contribution in [0.3, 0.4) is 0 Å². The first-order valence-electron chi connectivity index (χ1n) is 32.2. The molecule has 0 fully saturated rings. The Morgan fingerprint density at radius 3 is 0.704 bits per heavy atom. The third-order valence-electron chi connectivity index (χ3n) is 14.8. The lowest BCUT2D eigenvalue weighted by Gasteiger charge is -2.18. The Morgan fingerprint density at radius 2 is 0.465 bits per heavy atom. The summed E-state index contributed by atoms with van der Waals surface area (Å²) in [6.45, 7) is 6.63. The molecule has 0 aromatic heterocycles. The van der Waals surface area contributed by atoms with Gasteiger partial charge in [0, 0.05) is 19.3 Å². The molecule has 0 N–H and O–H groups in total. The van der Waals surface area contributed by atoms with Gasteiger partial charge in [0.2, 0.25) is 0 Å². The number of allylic oxidation sites excluding steroid dienone is 2. The van der Waals surface area contributed by atoms with Crippen molar-refractivity contribution < 1.29 is 28.6 Å². The molecule has 0 spiro atoms. The number of carbonyl (C=O) groups is 3. The molecule has 0 rings (SSSR count). The Morgan fingerprint density at radius 1 is 0.268 bits per heavy atom. The highest BCUT2D eigenvalue weighted by Crippen LogP contribution is 2.18. The van der Waals surface area contributed by atoms with Crippen molar-refractivity contribution in [3.63, 3.8) is 0 Å². The molecule has 71 heavy (non-hydrogen) atoms. The van der Waals surface area contributed by atoms with E-state index in [1.807, 2.05) is 0 Å². The zero-order valence-corrected chi connectivity index (χ0v) is 48.3. The maximum atomic E-state index is 12.8. The third kappa shape index (κ3) is 58.9. The Balaban J connectivity index is 3.95. The molecule has 0 radical (unpaired) electrons. The van der Waals surface area contributed by atoms with Gasteiger partial charge in [0.05, 0.1) is 0 Å². The van der Waals surface area contributed by atoms with Gasteiger partial charge in [-0.05, 0) is 44.9 Å². The lowest BCUT2D eigenvalue weighted by Crippen LogP contribution is -2.30. The highest BCUT2D eigenvalue weighted by molar-refractivity contribution is 5.71. The van der Waals surface area contributed by atoms with Crippen LogP contribution in [-0.4, -0.2) is 37.2 Å². The first kappa shape index (κ1) is 69.2. The standard InChI is InChI=1S/C65H124O6/c1-4-7-10-13-15-17-19-21-23-25-27-29-30-31-32-33-34-36-37-39-41-43-45-47-49-52-55-58-64(67)70-61-62(60-69-63(66)57-54-51-12-9-6-3)71-65(68)59-56-53-50-48-46-44-42-40-38-35-28-26-24-22-20-18-16-14-11-8-5-2/h25,27,62H,4-24,26,28-61H2,1-3H3/b27-25-. The summed E-state index contributed by atoms with van der Waals surface area (Å²) < 4.78 is 16.8. The summed E-state index contributed by atoms with van der Waals surface area (Å²) in [7, 11) is 0. The van der Waals surface area contributed by atoms with Crippen LogP contribution in [0.4, 0.5) is 0 Å². The molecule has 0 aliphatic heterocycles. The van der Waals surface area contributed by atoms with Crippen LogP contribution in [0.25, 0.3) is 0 Å². The van der Waals surface area contributed by atoms with E-state index in [1.54, 1.807) is 0 Å². The SMILES string of the molecule is CCCCCCCCCC/C=C\CCCCCCCCCCCCCCCCCC(=O)OCC(COC(=O)CCCCCCC)OC(=O)CCCCCCCCCCCCCCCCCCCCCCC. The molecule has 0 aliphatic rings. The second-order valence-corrected chi connectivity index (χ2v) is 22.0. The molecular weight excluding hydrogens is 877 g/mol. The van der Waals surface area contributed by atoms with E-state index in [-0.39, 0.29) is 31.1 Å². The summed E-state index contributed by atoms with van der Waals surface area (Å²) in [5.41, 5.74) is 0. The maximum Gasteiger partial charge on any atom is 0.306 e. The van der Waals surface area contributed by atoms with E-state index in [1.165, 1.54) is 263 Å². The van der Waals surface area contributed by atoms with E-state index in [0.717, 1.165) is 64.2 Å². The summed E-state index contributed by atoms with van der Waals surface area (Å²) in [6.07, 6.45) is 71.4. The lowest BCUT2D eigenvalue weighted by atomic mass is 10.0. The van der Waals surface area contributed by atoms with E-state index in [4.69, 9.17) is 14.2 Å². The molecule has 6 nitrogen and oxygen atoms in total. The Hall–Kier alpha value is -1.85. The number of unbranched alkanes of at least 4 members (excludes halogenated alkanes) is 47. The molecule has 0 bridgehead atoms. The van der Waals surface area contributed by atoms with Crippen LogP contribution in [0.5, 0.6) is 0 Å². The van der Waals surface area contributed by atoms with Gasteiger partial charge in [-0.15, -0.1) is 0 Å². The van der Waals surface area contributed by atoms with Crippen molar-refractivity contribution >= 4 is 17.9 Å². The predicted octanol–water partition coefficient (Wildman–Crippen LogP) is 21.7. The summed E-state index contributed by atoms with van der Waals surface area (Å²) in [4.78, 5) is 37.9. The monoisotopic (exact) mass is 1000 g/mol. The second kappa shape index (κ2) is 60.7. The molecule has 420 valence electrons. The minimum Gasteiger partial charge on any atom is -0.462 e. The van der Waals surface area contributed by atoms with Crippen molar-refractivity contribution in [3.8, 4) is 0 Å². The number of rotatable bonds is 60. The lowest BCUT2D eigenvalue weighted by molar-refractivity contribution is -0.167. The first-order valence-corrected chi connectivity index (χ1v) is 32.2. The van der Waals surface area contributed by atoms with Crippen LogP contribution >= 0.6 is 0 Å². The van der Waals surface area contributed by atoms with Crippen LogP contribution < -0.4 is 0 Å². The highest BCUT2D eigenvalue weighted by Gasteiger charge is 2.19. The maximum absolute atomic E-state index is 12.8. The molecule has 1 atom stereocenters. The van der Waals surface area contributed by atoms with Crippen LogP contribution in [0.2, 0.25) is 0 Å². The third-order valence-corrected chi connectivity index (χ3v) is 14.8. The van der Waals surface area contributed by atoms with Gasteiger partial charge in [0.15, 0.2) is 6.10 Å². The molecule has 0 saturated carbocycles. The van der Waals surface area contributed by atoms with E-state index >= 15 is 0 Å². The summed E-state index contributed by atoms with van der Waals surface area (Å²) in [5.74, 6) is -0.852. The minimum atomic E-state index is -0.762. The fourth-order valence-corrected chi connectivity index (χ4v) is 9.91. The minimum absolute atomic E-state index is 0.0645. The molecule has 0 saturated heterocycles. The topological polar surface area (TPSA) is 78.9 Å². The van der Waals surface area contributed by atoms with Crippen LogP contribution in [-0.2, 0) is 28.6 Å². The number of esters is 3. The van der Waals surface area contributed by atoms with Crippen LogP contribution in [0, 0.1) is 0 Å². The molecule has 0 aromatic carbocycles. The van der Waals surface area contributed by atoms with E-state index in [0.29, 0.717) is 19.3 Å². The summed E-state index contributed by atoms with van der Waals surface area (Å²) in [5, 5.41) is 0. The summed E-state index contributed by atoms with van der Waals surface area (Å²) >= 11 is 0. The van der Waals surface area contributed by atoms with Gasteiger partial charge in [-0.3, -0.25) is 14.4 Å². The van der Waals surface area contributed by atoms with Gasteiger partial charge in [-0.2, -0.15) is 0 Å². The van der Waals surface area contributed by atoms with Crippen LogP contribution in [0.1, 0.15) is 367 Å². The predicted molar refractivity (Wildman–Crippen MR) is 307 cm³/mol. The number of ether oxygens (including phenoxy) is 3. The smallest absolute Gasteiger partial charge is 0.306 e. The highest BCUT2D eigenvalue weighted by atomic mass is 16.6. The first-order chi connectivity index (χ1) is 35.0. The van der Waals surface area contributed by atoms with Crippen molar-refractivity contribution in [3.05, 3.63) is 12.2 Å². The Bertz CT molecular complexity index is 1100. The molecule has 6 heteroatoms. The fourth-order valence-electron chi connectivity index (χ4n) is 9.91.